The van der Waals surface area contributed by atoms with Gasteiger partial charge in [-0.25, -0.2) is 0 Å². The highest BCUT2D eigenvalue weighted by molar-refractivity contribution is 6.38. The van der Waals surface area contributed by atoms with Gasteiger partial charge in [0.05, 0.1) is 16.6 Å². The lowest BCUT2D eigenvalue weighted by Crippen LogP contribution is -2.12. The van der Waals surface area contributed by atoms with E-state index < -0.39 is 28.8 Å². The Kier molecular flexibility index (Phi) is 5.26. The van der Waals surface area contributed by atoms with Crippen molar-refractivity contribution in [3.63, 3.8) is 0 Å². The van der Waals surface area contributed by atoms with Crippen LogP contribution >= 0.6 is 23.2 Å². The zero-order chi connectivity index (χ0) is 14.6. The number of halogens is 2. The lowest BCUT2D eigenvalue weighted by atomic mass is 10.1. The first-order valence-corrected chi connectivity index (χ1v) is 5.94. The molecular formula is C11H9Cl2NO5. The summed E-state index contributed by atoms with van der Waals surface area (Å²) in [5.74, 6) is -1.38. The average molecular weight is 306 g/mol. The quantitative estimate of drug-likeness (QED) is 0.274. The van der Waals surface area contributed by atoms with Gasteiger partial charge < -0.3 is 4.74 Å². The van der Waals surface area contributed by atoms with Crippen LogP contribution in [-0.2, 0) is 9.53 Å². The van der Waals surface area contributed by atoms with E-state index in [0.717, 1.165) is 12.1 Å². The van der Waals surface area contributed by atoms with Gasteiger partial charge in [-0.2, -0.15) is 0 Å². The third-order valence-electron chi connectivity index (χ3n) is 2.14. The predicted molar refractivity (Wildman–Crippen MR) is 68.7 cm³/mol. The van der Waals surface area contributed by atoms with Crippen molar-refractivity contribution in [3.05, 3.63) is 37.9 Å². The summed E-state index contributed by atoms with van der Waals surface area (Å²) in [5.41, 5.74) is -0.580. The van der Waals surface area contributed by atoms with Crippen molar-refractivity contribution in [3.8, 4) is 0 Å². The molecule has 0 saturated carbocycles. The van der Waals surface area contributed by atoms with Gasteiger partial charge >= 0.3 is 5.97 Å². The normalized spacial score (nSPS) is 10.1. The van der Waals surface area contributed by atoms with Crippen molar-refractivity contribution >= 4 is 40.6 Å². The number of hydrogen-bond acceptors (Lipinski definition) is 5. The summed E-state index contributed by atoms with van der Waals surface area (Å²) in [7, 11) is 0. The molecule has 0 aromatic heterocycles. The number of rotatable bonds is 5. The number of nitro benzene ring substituents is 1. The molecule has 1 aromatic carbocycles. The Morgan fingerprint density at radius 2 is 1.95 bits per heavy atom. The molecule has 0 fully saturated rings. The largest absolute Gasteiger partial charge is 0.466 e. The number of benzene rings is 1. The van der Waals surface area contributed by atoms with Crippen LogP contribution in [0.25, 0.3) is 0 Å². The molecule has 1 rings (SSSR count). The number of carbonyl (C=O) groups is 2. The molecule has 0 aliphatic heterocycles. The van der Waals surface area contributed by atoms with E-state index in [0.29, 0.717) is 0 Å². The van der Waals surface area contributed by atoms with Crippen LogP contribution in [0.4, 0.5) is 5.69 Å². The molecule has 6 nitrogen and oxygen atoms in total. The van der Waals surface area contributed by atoms with Crippen LogP contribution in [0.15, 0.2) is 12.1 Å². The molecule has 102 valence electrons. The number of hydrogen-bond donors (Lipinski definition) is 0. The fraction of sp³-hybridized carbons (Fsp3) is 0.273. The zero-order valence-corrected chi connectivity index (χ0v) is 11.3. The maximum atomic E-state index is 11.8. The first kappa shape index (κ1) is 15.4. The van der Waals surface area contributed by atoms with Gasteiger partial charge in [-0.3, -0.25) is 19.7 Å². The van der Waals surface area contributed by atoms with Crippen molar-refractivity contribution in [1.29, 1.82) is 0 Å². The van der Waals surface area contributed by atoms with Gasteiger partial charge in [0, 0.05) is 11.6 Å². The molecule has 8 heteroatoms. The summed E-state index contributed by atoms with van der Waals surface area (Å²) in [5, 5.41) is 10.5. The van der Waals surface area contributed by atoms with Gasteiger partial charge in [0.25, 0.3) is 5.69 Å². The van der Waals surface area contributed by atoms with E-state index in [9.17, 15) is 19.7 Å². The molecule has 0 heterocycles. The third-order valence-corrected chi connectivity index (χ3v) is 2.76. The minimum Gasteiger partial charge on any atom is -0.466 e. The number of Topliss-reactive ketones (excluding diaryl/α,β-unsaturated/α-hetero) is 1. The number of ether oxygens (including phenoxy) is 1. The highest BCUT2D eigenvalue weighted by Gasteiger charge is 2.22. The molecule has 0 saturated heterocycles. The highest BCUT2D eigenvalue weighted by atomic mass is 35.5. The fourth-order valence-corrected chi connectivity index (χ4v) is 1.89. The summed E-state index contributed by atoms with van der Waals surface area (Å²) in [6.07, 6.45) is -0.535. The van der Waals surface area contributed by atoms with Crippen LogP contribution in [-0.4, -0.2) is 23.3 Å². The van der Waals surface area contributed by atoms with E-state index in [1.54, 1.807) is 6.92 Å². The standard InChI is InChI=1S/C11H9Cl2NO5/c1-2-19-11(16)5-10(15)6-3-9(14(17)18)8(13)4-7(6)12/h3-4H,2,5H2,1H3. The third kappa shape index (κ3) is 3.90. The molecule has 0 spiro atoms. The van der Waals surface area contributed by atoms with Crippen LogP contribution in [0.3, 0.4) is 0 Å². The second-order valence-corrected chi connectivity index (χ2v) is 4.26. The molecular weight excluding hydrogens is 297 g/mol. The van der Waals surface area contributed by atoms with Crippen LogP contribution in [0.5, 0.6) is 0 Å². The maximum absolute atomic E-state index is 11.8. The second-order valence-electron chi connectivity index (χ2n) is 3.45. The number of carbonyl (C=O) groups excluding carboxylic acids is 2. The Labute approximate surface area is 118 Å². The van der Waals surface area contributed by atoms with Crippen LogP contribution < -0.4 is 0 Å². The smallest absolute Gasteiger partial charge is 0.313 e. The molecule has 0 aliphatic rings. The summed E-state index contributed by atoms with van der Waals surface area (Å²) < 4.78 is 4.61. The van der Waals surface area contributed by atoms with Gasteiger partial charge in [0.2, 0.25) is 0 Å². The summed E-state index contributed by atoms with van der Waals surface area (Å²) in [6.45, 7) is 1.74. The molecule has 0 radical (unpaired) electrons. The van der Waals surface area contributed by atoms with E-state index in [1.807, 2.05) is 0 Å². The van der Waals surface area contributed by atoms with Crippen molar-refractivity contribution < 1.29 is 19.2 Å². The molecule has 0 amide bonds. The maximum Gasteiger partial charge on any atom is 0.313 e. The molecule has 0 atom stereocenters. The lowest BCUT2D eigenvalue weighted by Gasteiger charge is -2.05. The first-order valence-electron chi connectivity index (χ1n) is 5.19. The van der Waals surface area contributed by atoms with E-state index in [4.69, 9.17) is 23.2 Å². The molecule has 0 aliphatic carbocycles. The number of nitrogens with zero attached hydrogens (tertiary/aromatic N) is 1. The van der Waals surface area contributed by atoms with E-state index in [1.165, 1.54) is 0 Å². The molecule has 0 bridgehead atoms. The fourth-order valence-electron chi connectivity index (χ4n) is 1.33. The molecule has 0 N–H and O–H groups in total. The van der Waals surface area contributed by atoms with Gasteiger partial charge in [-0.15, -0.1) is 0 Å². The Morgan fingerprint density at radius 3 is 2.47 bits per heavy atom. The van der Waals surface area contributed by atoms with Crippen LogP contribution in [0.2, 0.25) is 10.0 Å². The minimum atomic E-state index is -0.736. The zero-order valence-electron chi connectivity index (χ0n) is 9.81. The molecule has 19 heavy (non-hydrogen) atoms. The van der Waals surface area contributed by atoms with E-state index >= 15 is 0 Å². The predicted octanol–water partition coefficient (Wildman–Crippen LogP) is 3.04. The minimum absolute atomic E-state index is 0.0510. The molecule has 0 unspecified atom stereocenters. The van der Waals surface area contributed by atoms with Crippen molar-refractivity contribution in [2.24, 2.45) is 0 Å². The topological polar surface area (TPSA) is 86.5 Å². The summed E-state index contributed by atoms with van der Waals surface area (Å²) >= 11 is 11.4. The lowest BCUT2D eigenvalue weighted by molar-refractivity contribution is -0.384. The summed E-state index contributed by atoms with van der Waals surface area (Å²) in [6, 6.07) is 2.05. The number of ketones is 1. The highest BCUT2D eigenvalue weighted by Crippen LogP contribution is 2.31. The van der Waals surface area contributed by atoms with E-state index in [2.05, 4.69) is 4.74 Å². The number of nitro groups is 1. The Hall–Kier alpha value is -1.66. The second kappa shape index (κ2) is 6.49. The monoisotopic (exact) mass is 305 g/mol. The van der Waals surface area contributed by atoms with Gasteiger partial charge in [-0.05, 0) is 13.0 Å². The summed E-state index contributed by atoms with van der Waals surface area (Å²) in [4.78, 5) is 32.9. The van der Waals surface area contributed by atoms with Gasteiger partial charge in [-0.1, -0.05) is 23.2 Å². The first-order chi connectivity index (χ1) is 8.86. The van der Waals surface area contributed by atoms with E-state index in [-0.39, 0.29) is 22.2 Å². The average Bonchev–Trinajstić information content (AvgIpc) is 2.28. The van der Waals surface area contributed by atoms with Gasteiger partial charge in [0.15, 0.2) is 5.78 Å². The molecule has 1 aromatic rings. The van der Waals surface area contributed by atoms with Gasteiger partial charge in [0.1, 0.15) is 11.4 Å². The van der Waals surface area contributed by atoms with Crippen LogP contribution in [0.1, 0.15) is 23.7 Å². The Balaban J connectivity index is 3.06. The number of esters is 1. The van der Waals surface area contributed by atoms with Crippen LogP contribution in [0, 0.1) is 10.1 Å². The Morgan fingerprint density at radius 1 is 1.32 bits per heavy atom. The van der Waals surface area contributed by atoms with Crippen molar-refractivity contribution in [2.75, 3.05) is 6.61 Å². The van der Waals surface area contributed by atoms with Crippen molar-refractivity contribution in [2.45, 2.75) is 13.3 Å². The van der Waals surface area contributed by atoms with Crippen molar-refractivity contribution in [1.82, 2.24) is 0 Å². The SMILES string of the molecule is CCOC(=O)CC(=O)c1cc([N+](=O)[O-])c(Cl)cc1Cl. The Bertz CT molecular complexity index is 544.